The first-order chi connectivity index (χ1) is 15.7. The highest BCUT2D eigenvalue weighted by Gasteiger charge is 2.19. The van der Waals surface area contributed by atoms with Crippen molar-refractivity contribution in [2.75, 3.05) is 5.75 Å². The molecule has 3 heterocycles. The number of furan rings is 1. The number of benzene rings is 2. The number of nitrogens with one attached hydrogen (secondary N) is 2. The fourth-order valence-electron chi connectivity index (χ4n) is 3.40. The minimum Gasteiger partial charge on any atom is -0.467 e. The maximum absolute atomic E-state index is 12.4. The minimum absolute atomic E-state index is 0.120. The molecule has 32 heavy (non-hydrogen) atoms. The standard InChI is InChI=1S/C23H18ClN5O2S/c24-15-7-9-16(10-8-15)29-22(19-13-25-20-6-2-1-5-18(19)20)27-28-23(29)32-14-21(30)26-12-17-4-3-11-31-17/h1-11,13,25H,12,14H2,(H,26,30). The van der Waals surface area contributed by atoms with E-state index in [2.05, 4.69) is 20.5 Å². The van der Waals surface area contributed by atoms with Crippen molar-refractivity contribution in [3.8, 4) is 17.1 Å². The Morgan fingerprint density at radius 3 is 2.75 bits per heavy atom. The van der Waals surface area contributed by atoms with Crippen molar-refractivity contribution in [3.63, 3.8) is 0 Å². The number of H-pyrrole nitrogens is 1. The van der Waals surface area contributed by atoms with Crippen LogP contribution in [-0.4, -0.2) is 31.4 Å². The first-order valence-corrected chi connectivity index (χ1v) is 11.2. The van der Waals surface area contributed by atoms with Gasteiger partial charge < -0.3 is 14.7 Å². The van der Waals surface area contributed by atoms with Crippen molar-refractivity contribution in [3.05, 3.63) is 83.9 Å². The molecule has 0 fully saturated rings. The minimum atomic E-state index is -0.120. The van der Waals surface area contributed by atoms with Gasteiger partial charge in [0.2, 0.25) is 5.91 Å². The van der Waals surface area contributed by atoms with E-state index in [4.69, 9.17) is 16.0 Å². The smallest absolute Gasteiger partial charge is 0.230 e. The van der Waals surface area contributed by atoms with E-state index in [0.29, 0.717) is 28.3 Å². The number of aromatic nitrogens is 4. The van der Waals surface area contributed by atoms with Crippen molar-refractivity contribution < 1.29 is 9.21 Å². The van der Waals surface area contributed by atoms with Crippen molar-refractivity contribution in [1.29, 1.82) is 0 Å². The van der Waals surface area contributed by atoms with Crippen LogP contribution in [0.15, 0.2) is 82.7 Å². The van der Waals surface area contributed by atoms with E-state index in [0.717, 1.165) is 22.2 Å². The lowest BCUT2D eigenvalue weighted by molar-refractivity contribution is -0.118. The second-order valence-corrected chi connectivity index (χ2v) is 8.39. The Kier molecular flexibility index (Phi) is 5.70. The van der Waals surface area contributed by atoms with E-state index >= 15 is 0 Å². The number of rotatable bonds is 7. The number of halogens is 1. The summed E-state index contributed by atoms with van der Waals surface area (Å²) in [6.07, 6.45) is 3.50. The SMILES string of the molecule is O=C(CSc1nnc(-c2c[nH]c3ccccc23)n1-c1ccc(Cl)cc1)NCc1ccco1. The number of aromatic amines is 1. The maximum atomic E-state index is 12.4. The van der Waals surface area contributed by atoms with Gasteiger partial charge in [-0.15, -0.1) is 10.2 Å². The largest absolute Gasteiger partial charge is 0.467 e. The predicted molar refractivity (Wildman–Crippen MR) is 125 cm³/mol. The number of hydrogen-bond donors (Lipinski definition) is 2. The Morgan fingerprint density at radius 1 is 1.09 bits per heavy atom. The highest BCUT2D eigenvalue weighted by molar-refractivity contribution is 7.99. The van der Waals surface area contributed by atoms with E-state index in [1.807, 2.05) is 65.4 Å². The molecule has 0 spiro atoms. The predicted octanol–water partition coefficient (Wildman–Crippen LogP) is 5.07. The van der Waals surface area contributed by atoms with Crippen LogP contribution in [0.25, 0.3) is 28.0 Å². The van der Waals surface area contributed by atoms with Crippen LogP contribution in [0.5, 0.6) is 0 Å². The van der Waals surface area contributed by atoms with E-state index < -0.39 is 0 Å². The van der Waals surface area contributed by atoms with Gasteiger partial charge in [-0.2, -0.15) is 0 Å². The molecule has 0 aliphatic heterocycles. The van der Waals surface area contributed by atoms with Crippen LogP contribution in [0.4, 0.5) is 0 Å². The van der Waals surface area contributed by atoms with Crippen LogP contribution in [-0.2, 0) is 11.3 Å². The summed E-state index contributed by atoms with van der Waals surface area (Å²) in [7, 11) is 0. The molecule has 7 nitrogen and oxygen atoms in total. The quantitative estimate of drug-likeness (QED) is 0.329. The number of carbonyl (C=O) groups excluding carboxylic acids is 1. The molecule has 2 N–H and O–H groups in total. The van der Waals surface area contributed by atoms with Crippen LogP contribution >= 0.6 is 23.4 Å². The Bertz CT molecular complexity index is 1360. The molecule has 0 radical (unpaired) electrons. The molecule has 0 saturated heterocycles. The summed E-state index contributed by atoms with van der Waals surface area (Å²) in [5.74, 6) is 1.46. The fourth-order valence-corrected chi connectivity index (χ4v) is 4.31. The van der Waals surface area contributed by atoms with E-state index in [1.54, 1.807) is 12.3 Å². The molecular formula is C23H18ClN5O2S. The summed E-state index contributed by atoms with van der Waals surface area (Å²) in [5, 5.41) is 14.0. The number of carbonyl (C=O) groups is 1. The molecule has 0 aliphatic carbocycles. The first-order valence-electron chi connectivity index (χ1n) is 9.89. The van der Waals surface area contributed by atoms with Gasteiger partial charge in [-0.25, -0.2) is 0 Å². The van der Waals surface area contributed by atoms with Gasteiger partial charge in [-0.1, -0.05) is 41.6 Å². The summed E-state index contributed by atoms with van der Waals surface area (Å²) >= 11 is 7.42. The van der Waals surface area contributed by atoms with Gasteiger partial charge >= 0.3 is 0 Å². The average Bonchev–Trinajstić information content (AvgIpc) is 3.56. The van der Waals surface area contributed by atoms with Gasteiger partial charge in [0.25, 0.3) is 0 Å². The van der Waals surface area contributed by atoms with Crippen molar-refractivity contribution in [2.45, 2.75) is 11.7 Å². The molecule has 160 valence electrons. The third kappa shape index (κ3) is 4.15. The maximum Gasteiger partial charge on any atom is 0.230 e. The average molecular weight is 464 g/mol. The Labute approximate surface area is 192 Å². The lowest BCUT2D eigenvalue weighted by Gasteiger charge is -2.10. The number of nitrogens with zero attached hydrogens (tertiary/aromatic N) is 3. The second-order valence-electron chi connectivity index (χ2n) is 7.01. The highest BCUT2D eigenvalue weighted by atomic mass is 35.5. The zero-order valence-electron chi connectivity index (χ0n) is 16.8. The monoisotopic (exact) mass is 463 g/mol. The Morgan fingerprint density at radius 2 is 1.94 bits per heavy atom. The van der Waals surface area contributed by atoms with Gasteiger partial charge in [0.1, 0.15) is 5.76 Å². The molecular weight excluding hydrogens is 446 g/mol. The van der Waals surface area contributed by atoms with E-state index in [1.165, 1.54) is 11.8 Å². The van der Waals surface area contributed by atoms with Gasteiger partial charge in [0, 0.05) is 33.4 Å². The van der Waals surface area contributed by atoms with E-state index in [-0.39, 0.29) is 11.7 Å². The highest BCUT2D eigenvalue weighted by Crippen LogP contribution is 2.32. The van der Waals surface area contributed by atoms with Gasteiger partial charge in [0.15, 0.2) is 11.0 Å². The normalized spacial score (nSPS) is 11.2. The lowest BCUT2D eigenvalue weighted by atomic mass is 10.1. The molecule has 3 aromatic heterocycles. The van der Waals surface area contributed by atoms with Gasteiger partial charge in [0.05, 0.1) is 18.6 Å². The topological polar surface area (TPSA) is 88.7 Å². The van der Waals surface area contributed by atoms with Crippen LogP contribution in [0, 0.1) is 0 Å². The molecule has 0 aliphatic rings. The molecule has 0 bridgehead atoms. The van der Waals surface area contributed by atoms with E-state index in [9.17, 15) is 4.79 Å². The third-order valence-electron chi connectivity index (χ3n) is 4.92. The summed E-state index contributed by atoms with van der Waals surface area (Å²) in [6.45, 7) is 0.344. The molecule has 0 saturated carbocycles. The molecule has 2 aromatic carbocycles. The fraction of sp³-hybridized carbons (Fsp3) is 0.0870. The second kappa shape index (κ2) is 8.94. The van der Waals surface area contributed by atoms with Crippen LogP contribution in [0.1, 0.15) is 5.76 Å². The van der Waals surface area contributed by atoms with Crippen LogP contribution in [0.2, 0.25) is 5.02 Å². The zero-order chi connectivity index (χ0) is 21.9. The van der Waals surface area contributed by atoms with Crippen LogP contribution in [0.3, 0.4) is 0 Å². The van der Waals surface area contributed by atoms with Crippen molar-refractivity contribution in [1.82, 2.24) is 25.1 Å². The van der Waals surface area contributed by atoms with Crippen molar-refractivity contribution in [2.24, 2.45) is 0 Å². The summed E-state index contributed by atoms with van der Waals surface area (Å²) in [6, 6.07) is 19.1. The first kappa shape index (κ1) is 20.4. The summed E-state index contributed by atoms with van der Waals surface area (Å²) < 4.78 is 7.19. The number of thioether (sulfide) groups is 1. The van der Waals surface area contributed by atoms with Crippen molar-refractivity contribution >= 4 is 40.2 Å². The Hall–Kier alpha value is -3.49. The molecule has 0 unspecified atom stereocenters. The summed E-state index contributed by atoms with van der Waals surface area (Å²) in [4.78, 5) is 15.6. The molecule has 9 heteroatoms. The molecule has 5 rings (SSSR count). The zero-order valence-corrected chi connectivity index (χ0v) is 18.4. The Balaban J connectivity index is 1.45. The van der Waals surface area contributed by atoms with Crippen LogP contribution < -0.4 is 5.32 Å². The third-order valence-corrected chi connectivity index (χ3v) is 6.10. The van der Waals surface area contributed by atoms with Gasteiger partial charge in [-0.3, -0.25) is 9.36 Å². The molecule has 5 aromatic rings. The van der Waals surface area contributed by atoms with Gasteiger partial charge in [-0.05, 0) is 42.5 Å². The number of hydrogen-bond acceptors (Lipinski definition) is 5. The number of amides is 1. The lowest BCUT2D eigenvalue weighted by Crippen LogP contribution is -2.24. The molecule has 1 amide bonds. The summed E-state index contributed by atoms with van der Waals surface area (Å²) in [5.41, 5.74) is 2.80. The molecule has 0 atom stereocenters. The number of fused-ring (bicyclic) bond motifs is 1. The number of para-hydroxylation sites is 1.